The first-order valence-corrected chi connectivity index (χ1v) is 9.26. The molecule has 1 aliphatic heterocycles. The van der Waals surface area contributed by atoms with Crippen molar-refractivity contribution in [2.45, 2.75) is 38.8 Å². The zero-order valence-electron chi connectivity index (χ0n) is 15.2. The first-order chi connectivity index (χ1) is 12.7. The second-order valence-electron chi connectivity index (χ2n) is 6.87. The Kier molecular flexibility index (Phi) is 4.71. The van der Waals surface area contributed by atoms with Crippen LogP contribution in [0.15, 0.2) is 36.7 Å². The normalized spacial score (nSPS) is 20.2. The molecule has 0 saturated carbocycles. The summed E-state index contributed by atoms with van der Waals surface area (Å²) in [7, 11) is 0. The molecule has 0 spiro atoms. The zero-order chi connectivity index (χ0) is 17.9. The maximum absolute atomic E-state index is 4.75. The number of likely N-dealkylation sites (N-methyl/N-ethyl adjacent to an activating group) is 1. The van der Waals surface area contributed by atoms with Gasteiger partial charge in [-0.3, -0.25) is 5.10 Å². The number of nitrogens with zero attached hydrogens (tertiary/aromatic N) is 4. The molecule has 26 heavy (non-hydrogen) atoms. The van der Waals surface area contributed by atoms with Gasteiger partial charge in [-0.25, -0.2) is 4.98 Å². The van der Waals surface area contributed by atoms with Gasteiger partial charge in [0.15, 0.2) is 0 Å². The van der Waals surface area contributed by atoms with Crippen molar-refractivity contribution in [3.63, 3.8) is 0 Å². The van der Waals surface area contributed by atoms with Crippen molar-refractivity contribution in [2.75, 3.05) is 23.3 Å². The number of H-pyrrole nitrogens is 1. The molecule has 1 aromatic carbocycles. The minimum absolute atomic E-state index is 0.439. The highest BCUT2D eigenvalue weighted by atomic mass is 15.3. The van der Waals surface area contributed by atoms with Crippen molar-refractivity contribution < 1.29 is 0 Å². The number of rotatable bonds is 5. The van der Waals surface area contributed by atoms with Gasteiger partial charge in [-0.1, -0.05) is 0 Å². The molecule has 3 N–H and O–H groups in total. The summed E-state index contributed by atoms with van der Waals surface area (Å²) in [5.74, 6) is 1.58. The Balaban J connectivity index is 1.53. The van der Waals surface area contributed by atoms with Crippen LogP contribution in [0, 0.1) is 0 Å². The third-order valence-corrected chi connectivity index (χ3v) is 5.03. The molecule has 4 rings (SSSR count). The molecule has 3 aromatic rings. The third-order valence-electron chi connectivity index (χ3n) is 5.03. The summed E-state index contributed by atoms with van der Waals surface area (Å²) in [5, 5.41) is 15.0. The predicted octanol–water partition coefficient (Wildman–Crippen LogP) is 3.06. The minimum Gasteiger partial charge on any atom is -0.340 e. The minimum atomic E-state index is 0.439. The van der Waals surface area contributed by atoms with Crippen molar-refractivity contribution in [2.24, 2.45) is 0 Å². The Bertz CT molecular complexity index is 867. The molecule has 2 atom stereocenters. The Morgan fingerprint density at radius 3 is 3.00 bits per heavy atom. The number of hydrogen-bond acceptors (Lipinski definition) is 6. The quantitative estimate of drug-likeness (QED) is 0.655. The van der Waals surface area contributed by atoms with Crippen LogP contribution in [-0.2, 0) is 0 Å². The van der Waals surface area contributed by atoms with Crippen molar-refractivity contribution >= 4 is 28.4 Å². The Hall–Kier alpha value is -2.67. The van der Waals surface area contributed by atoms with E-state index in [1.54, 1.807) is 0 Å². The number of hydrogen-bond donors (Lipinski definition) is 3. The van der Waals surface area contributed by atoms with Gasteiger partial charge < -0.3 is 15.5 Å². The van der Waals surface area contributed by atoms with E-state index in [1.165, 1.54) is 12.8 Å². The fraction of sp³-hybridized carbons (Fsp3) is 0.421. The average Bonchev–Trinajstić information content (AvgIpc) is 3.12. The van der Waals surface area contributed by atoms with E-state index in [9.17, 15) is 0 Å². The number of anilines is 3. The molecule has 0 amide bonds. The van der Waals surface area contributed by atoms with Crippen molar-refractivity contribution in [3.05, 3.63) is 36.7 Å². The Morgan fingerprint density at radius 1 is 1.27 bits per heavy atom. The van der Waals surface area contributed by atoms with E-state index in [2.05, 4.69) is 50.6 Å². The lowest BCUT2D eigenvalue weighted by Crippen LogP contribution is -2.49. The highest BCUT2D eigenvalue weighted by Gasteiger charge is 2.24. The van der Waals surface area contributed by atoms with Crippen LogP contribution in [0.25, 0.3) is 10.9 Å². The monoisotopic (exact) mass is 351 g/mol. The van der Waals surface area contributed by atoms with Crippen LogP contribution in [-0.4, -0.2) is 45.3 Å². The second kappa shape index (κ2) is 7.29. The first-order valence-electron chi connectivity index (χ1n) is 9.26. The Labute approximate surface area is 153 Å². The maximum Gasteiger partial charge on any atom is 0.227 e. The SMILES string of the molecule is CCN(c1nccc(Nc2ccc3[nH]ncc3c2)n1)C1CCC(C)NC1. The number of aromatic nitrogens is 4. The fourth-order valence-corrected chi connectivity index (χ4v) is 3.54. The molecule has 7 heteroatoms. The van der Waals surface area contributed by atoms with Gasteiger partial charge in [0.25, 0.3) is 0 Å². The summed E-state index contributed by atoms with van der Waals surface area (Å²) < 4.78 is 0. The van der Waals surface area contributed by atoms with E-state index in [4.69, 9.17) is 4.98 Å². The van der Waals surface area contributed by atoms with Crippen LogP contribution in [0.4, 0.5) is 17.5 Å². The van der Waals surface area contributed by atoms with Gasteiger partial charge >= 0.3 is 0 Å². The number of aromatic amines is 1. The molecule has 1 fully saturated rings. The highest BCUT2D eigenvalue weighted by Crippen LogP contribution is 2.23. The summed E-state index contributed by atoms with van der Waals surface area (Å²) in [4.78, 5) is 11.6. The lowest BCUT2D eigenvalue weighted by atomic mass is 10.0. The van der Waals surface area contributed by atoms with E-state index in [1.807, 2.05) is 30.6 Å². The lowest BCUT2D eigenvalue weighted by molar-refractivity contribution is 0.367. The smallest absolute Gasteiger partial charge is 0.227 e. The third kappa shape index (κ3) is 3.48. The molecule has 136 valence electrons. The van der Waals surface area contributed by atoms with Crippen LogP contribution in [0.5, 0.6) is 0 Å². The highest BCUT2D eigenvalue weighted by molar-refractivity contribution is 5.82. The van der Waals surface area contributed by atoms with Crippen molar-refractivity contribution in [3.8, 4) is 0 Å². The van der Waals surface area contributed by atoms with E-state index in [0.717, 1.165) is 41.4 Å². The number of fused-ring (bicyclic) bond motifs is 1. The second-order valence-corrected chi connectivity index (χ2v) is 6.87. The van der Waals surface area contributed by atoms with Gasteiger partial charge in [-0.15, -0.1) is 0 Å². The number of benzene rings is 1. The van der Waals surface area contributed by atoms with Gasteiger partial charge in [-0.05, 0) is 51.0 Å². The van der Waals surface area contributed by atoms with Gasteiger partial charge in [0.1, 0.15) is 5.82 Å². The van der Waals surface area contributed by atoms with Crippen LogP contribution in [0.1, 0.15) is 26.7 Å². The van der Waals surface area contributed by atoms with Crippen LogP contribution in [0.2, 0.25) is 0 Å². The predicted molar refractivity (Wildman–Crippen MR) is 105 cm³/mol. The topological polar surface area (TPSA) is 81.8 Å². The summed E-state index contributed by atoms with van der Waals surface area (Å²) in [6.45, 7) is 6.27. The maximum atomic E-state index is 4.75. The molecular formula is C19H25N7. The molecule has 1 saturated heterocycles. The standard InChI is InChI=1S/C19H25N7/c1-3-26(16-6-4-13(2)21-12-16)19-20-9-8-18(24-19)23-15-5-7-17-14(10-15)11-22-25-17/h5,7-11,13,16,21H,3-4,6,12H2,1-2H3,(H,22,25)(H,20,23,24). The molecule has 0 bridgehead atoms. The van der Waals surface area contributed by atoms with E-state index < -0.39 is 0 Å². The first kappa shape index (κ1) is 16.8. The van der Waals surface area contributed by atoms with Gasteiger partial charge in [0.05, 0.1) is 11.7 Å². The Morgan fingerprint density at radius 2 is 2.19 bits per heavy atom. The van der Waals surface area contributed by atoms with E-state index in [-0.39, 0.29) is 0 Å². The molecule has 2 unspecified atom stereocenters. The molecule has 2 aromatic heterocycles. The van der Waals surface area contributed by atoms with Gasteiger partial charge in [-0.2, -0.15) is 10.1 Å². The number of piperidine rings is 1. The van der Waals surface area contributed by atoms with Gasteiger partial charge in [0.2, 0.25) is 5.95 Å². The summed E-state index contributed by atoms with van der Waals surface area (Å²) in [5.41, 5.74) is 2.01. The van der Waals surface area contributed by atoms with Crippen molar-refractivity contribution in [1.29, 1.82) is 0 Å². The van der Waals surface area contributed by atoms with Gasteiger partial charge in [0, 0.05) is 42.4 Å². The molecule has 7 nitrogen and oxygen atoms in total. The number of nitrogens with one attached hydrogen (secondary N) is 3. The molecule has 3 heterocycles. The summed E-state index contributed by atoms with van der Waals surface area (Å²) in [6.07, 6.45) is 5.99. The van der Waals surface area contributed by atoms with Crippen LogP contribution in [0.3, 0.4) is 0 Å². The molecule has 1 aliphatic rings. The van der Waals surface area contributed by atoms with Crippen LogP contribution < -0.4 is 15.5 Å². The summed E-state index contributed by atoms with van der Waals surface area (Å²) >= 11 is 0. The molecular weight excluding hydrogens is 326 g/mol. The molecule has 0 radical (unpaired) electrons. The molecule has 0 aliphatic carbocycles. The van der Waals surface area contributed by atoms with Crippen molar-refractivity contribution in [1.82, 2.24) is 25.5 Å². The van der Waals surface area contributed by atoms with Crippen LogP contribution >= 0.6 is 0 Å². The average molecular weight is 351 g/mol. The zero-order valence-corrected chi connectivity index (χ0v) is 15.2. The van der Waals surface area contributed by atoms with E-state index >= 15 is 0 Å². The van der Waals surface area contributed by atoms with E-state index in [0.29, 0.717) is 12.1 Å². The largest absolute Gasteiger partial charge is 0.340 e. The summed E-state index contributed by atoms with van der Waals surface area (Å²) in [6, 6.07) is 9.03. The fourth-order valence-electron chi connectivity index (χ4n) is 3.54. The lowest BCUT2D eigenvalue weighted by Gasteiger charge is -2.36.